The molecule has 0 amide bonds. The first-order valence-electron chi connectivity index (χ1n) is 7.11. The van der Waals surface area contributed by atoms with Crippen LogP contribution in [0.1, 0.15) is 19.8 Å². The number of hydrogen-bond acceptors (Lipinski definition) is 3. The van der Waals surface area contributed by atoms with Crippen molar-refractivity contribution in [2.24, 2.45) is 5.92 Å². The lowest BCUT2D eigenvalue weighted by molar-refractivity contribution is 0.294. The molecule has 21 heavy (non-hydrogen) atoms. The van der Waals surface area contributed by atoms with Gasteiger partial charge in [-0.25, -0.2) is 8.42 Å². The number of rotatable bonds is 5. The maximum atomic E-state index is 12.8. The van der Waals surface area contributed by atoms with E-state index in [0.29, 0.717) is 28.4 Å². The van der Waals surface area contributed by atoms with Crippen molar-refractivity contribution in [1.82, 2.24) is 9.62 Å². The summed E-state index contributed by atoms with van der Waals surface area (Å²) in [5.74, 6) is 0.440. The summed E-state index contributed by atoms with van der Waals surface area (Å²) in [7, 11) is -3.45. The first-order chi connectivity index (χ1) is 9.95. The van der Waals surface area contributed by atoms with Gasteiger partial charge in [-0.15, -0.1) is 0 Å². The van der Waals surface area contributed by atoms with Crippen LogP contribution >= 0.6 is 31.9 Å². The summed E-state index contributed by atoms with van der Waals surface area (Å²) >= 11 is 6.71. The maximum absolute atomic E-state index is 12.8. The molecule has 0 bridgehead atoms. The smallest absolute Gasteiger partial charge is 0.244 e. The Hall–Kier alpha value is 0.0500. The highest BCUT2D eigenvalue weighted by atomic mass is 79.9. The van der Waals surface area contributed by atoms with E-state index in [2.05, 4.69) is 37.2 Å². The number of sulfonamides is 1. The van der Waals surface area contributed by atoms with Crippen LogP contribution in [0.5, 0.6) is 0 Å². The second-order valence-electron chi connectivity index (χ2n) is 5.22. The standard InChI is InChI=1S/C14H20Br2N2O2S/c1-2-18(10-11-5-7-17-8-6-11)21(19,20)14-4-3-12(15)9-13(14)16/h3-4,9,11,17H,2,5-8,10H2,1H3. The molecule has 1 aliphatic rings. The minimum Gasteiger partial charge on any atom is -0.317 e. The Labute approximate surface area is 143 Å². The molecule has 4 nitrogen and oxygen atoms in total. The van der Waals surface area contributed by atoms with E-state index in [4.69, 9.17) is 0 Å². The summed E-state index contributed by atoms with van der Waals surface area (Å²) in [6, 6.07) is 5.18. The van der Waals surface area contributed by atoms with Gasteiger partial charge in [-0.2, -0.15) is 4.31 Å². The van der Waals surface area contributed by atoms with Gasteiger partial charge in [0.05, 0.1) is 4.90 Å². The largest absolute Gasteiger partial charge is 0.317 e. The Bertz CT molecular complexity index is 587. The van der Waals surface area contributed by atoms with Gasteiger partial charge in [-0.05, 0) is 66.0 Å². The van der Waals surface area contributed by atoms with Gasteiger partial charge in [0, 0.05) is 22.0 Å². The Balaban J connectivity index is 2.22. The molecular weight excluding hydrogens is 420 g/mol. The van der Waals surface area contributed by atoms with Crippen molar-refractivity contribution < 1.29 is 8.42 Å². The summed E-state index contributed by atoms with van der Waals surface area (Å²) < 4.78 is 28.7. The van der Waals surface area contributed by atoms with Crippen molar-refractivity contribution in [3.8, 4) is 0 Å². The van der Waals surface area contributed by atoms with E-state index in [1.165, 1.54) is 0 Å². The van der Waals surface area contributed by atoms with Gasteiger partial charge in [0.25, 0.3) is 0 Å². The highest BCUT2D eigenvalue weighted by molar-refractivity contribution is 9.11. The molecule has 0 unspecified atom stereocenters. The van der Waals surface area contributed by atoms with Gasteiger partial charge >= 0.3 is 0 Å². The summed E-state index contributed by atoms with van der Waals surface area (Å²) in [5.41, 5.74) is 0. The number of halogens is 2. The predicted molar refractivity (Wildman–Crippen MR) is 91.9 cm³/mol. The van der Waals surface area contributed by atoms with Crippen LogP contribution in [0, 0.1) is 5.92 Å². The van der Waals surface area contributed by atoms with E-state index < -0.39 is 10.0 Å². The van der Waals surface area contributed by atoms with Gasteiger partial charge in [0.15, 0.2) is 0 Å². The third-order valence-corrected chi connectivity index (χ3v) is 7.20. The minimum absolute atomic E-state index is 0.335. The van der Waals surface area contributed by atoms with Crippen LogP contribution in [-0.2, 0) is 10.0 Å². The zero-order valence-corrected chi connectivity index (χ0v) is 16.0. The molecule has 1 aliphatic heterocycles. The van der Waals surface area contributed by atoms with Crippen molar-refractivity contribution in [2.75, 3.05) is 26.2 Å². The van der Waals surface area contributed by atoms with Crippen molar-refractivity contribution in [3.63, 3.8) is 0 Å². The molecule has 1 aromatic rings. The number of benzene rings is 1. The fraction of sp³-hybridized carbons (Fsp3) is 0.571. The summed E-state index contributed by atoms with van der Waals surface area (Å²) in [5, 5.41) is 3.31. The third-order valence-electron chi connectivity index (χ3n) is 3.79. The lowest BCUT2D eigenvalue weighted by Gasteiger charge is -2.29. The van der Waals surface area contributed by atoms with Crippen LogP contribution in [0.3, 0.4) is 0 Å². The van der Waals surface area contributed by atoms with Crippen molar-refractivity contribution in [2.45, 2.75) is 24.7 Å². The van der Waals surface area contributed by atoms with E-state index >= 15 is 0 Å². The Morgan fingerprint density at radius 1 is 1.29 bits per heavy atom. The molecule has 1 fully saturated rings. The quantitative estimate of drug-likeness (QED) is 0.766. The Morgan fingerprint density at radius 3 is 2.52 bits per heavy atom. The number of nitrogens with one attached hydrogen (secondary N) is 1. The van der Waals surface area contributed by atoms with E-state index in [-0.39, 0.29) is 0 Å². The highest BCUT2D eigenvalue weighted by Crippen LogP contribution is 2.29. The molecule has 1 aromatic carbocycles. The fourth-order valence-corrected chi connectivity index (χ4v) is 5.80. The van der Waals surface area contributed by atoms with Crippen LogP contribution < -0.4 is 5.32 Å². The lowest BCUT2D eigenvalue weighted by Crippen LogP contribution is -2.39. The molecule has 7 heteroatoms. The molecule has 1 heterocycles. The van der Waals surface area contributed by atoms with Gasteiger partial charge in [0.2, 0.25) is 10.0 Å². The fourth-order valence-electron chi connectivity index (χ4n) is 2.57. The molecule has 2 rings (SSSR count). The van der Waals surface area contributed by atoms with Gasteiger partial charge in [-0.3, -0.25) is 0 Å². The topological polar surface area (TPSA) is 49.4 Å². The first kappa shape index (κ1) is 17.4. The number of hydrogen-bond donors (Lipinski definition) is 1. The van der Waals surface area contributed by atoms with Crippen molar-refractivity contribution >= 4 is 41.9 Å². The molecule has 1 saturated heterocycles. The SMILES string of the molecule is CCN(CC1CCNCC1)S(=O)(=O)c1ccc(Br)cc1Br. The second kappa shape index (κ2) is 7.55. The number of nitrogens with zero attached hydrogens (tertiary/aromatic N) is 1. The number of piperidine rings is 1. The zero-order chi connectivity index (χ0) is 15.5. The molecule has 0 radical (unpaired) electrons. The van der Waals surface area contributed by atoms with E-state index in [1.54, 1.807) is 22.5 Å². The van der Waals surface area contributed by atoms with Crippen LogP contribution in [-0.4, -0.2) is 38.9 Å². The minimum atomic E-state index is -3.45. The average Bonchev–Trinajstić information content (AvgIpc) is 2.45. The third kappa shape index (κ3) is 4.28. The van der Waals surface area contributed by atoms with E-state index in [1.807, 2.05) is 6.92 Å². The van der Waals surface area contributed by atoms with Crippen LogP contribution in [0.15, 0.2) is 32.0 Å². The summed E-state index contributed by atoms with van der Waals surface area (Å²) in [6.45, 7) is 4.94. The van der Waals surface area contributed by atoms with Gasteiger partial charge < -0.3 is 5.32 Å². The highest BCUT2D eigenvalue weighted by Gasteiger charge is 2.28. The van der Waals surface area contributed by atoms with E-state index in [9.17, 15) is 8.42 Å². The molecule has 0 spiro atoms. The predicted octanol–water partition coefficient (Wildman–Crippen LogP) is 3.22. The van der Waals surface area contributed by atoms with Crippen LogP contribution in [0.2, 0.25) is 0 Å². The molecule has 0 atom stereocenters. The molecule has 1 N–H and O–H groups in total. The van der Waals surface area contributed by atoms with Crippen LogP contribution in [0.25, 0.3) is 0 Å². The summed E-state index contributed by atoms with van der Waals surface area (Å²) in [4.78, 5) is 0.335. The van der Waals surface area contributed by atoms with Gasteiger partial charge in [-0.1, -0.05) is 22.9 Å². The molecule has 118 valence electrons. The monoisotopic (exact) mass is 438 g/mol. The Morgan fingerprint density at radius 2 is 1.95 bits per heavy atom. The normalized spacial score (nSPS) is 17.3. The lowest BCUT2D eigenvalue weighted by atomic mass is 9.98. The second-order valence-corrected chi connectivity index (χ2v) is 8.90. The molecule has 0 saturated carbocycles. The Kier molecular flexibility index (Phi) is 6.25. The molecular formula is C14H20Br2N2O2S. The van der Waals surface area contributed by atoms with E-state index in [0.717, 1.165) is 30.4 Å². The first-order valence-corrected chi connectivity index (χ1v) is 10.1. The maximum Gasteiger partial charge on any atom is 0.244 e. The van der Waals surface area contributed by atoms with Crippen LogP contribution in [0.4, 0.5) is 0 Å². The molecule has 0 aromatic heterocycles. The zero-order valence-electron chi connectivity index (χ0n) is 12.0. The average molecular weight is 440 g/mol. The summed E-state index contributed by atoms with van der Waals surface area (Å²) in [6.07, 6.45) is 2.07. The van der Waals surface area contributed by atoms with Crippen molar-refractivity contribution in [1.29, 1.82) is 0 Å². The van der Waals surface area contributed by atoms with Crippen molar-refractivity contribution in [3.05, 3.63) is 27.1 Å². The van der Waals surface area contributed by atoms with Gasteiger partial charge in [0.1, 0.15) is 0 Å². The molecule has 0 aliphatic carbocycles.